The molecule has 1 aliphatic rings. The van der Waals surface area contributed by atoms with Crippen molar-refractivity contribution in [1.82, 2.24) is 4.90 Å². The first-order chi connectivity index (χ1) is 13.5. The molecule has 0 aromatic heterocycles. The number of anilines is 2. The number of para-hydroxylation sites is 2. The van der Waals surface area contributed by atoms with Gasteiger partial charge in [-0.2, -0.15) is 0 Å². The summed E-state index contributed by atoms with van der Waals surface area (Å²) < 4.78 is 5.49. The summed E-state index contributed by atoms with van der Waals surface area (Å²) in [6.45, 7) is 3.90. The van der Waals surface area contributed by atoms with Crippen LogP contribution in [0.15, 0.2) is 42.5 Å². The Morgan fingerprint density at radius 2 is 1.68 bits per heavy atom. The highest BCUT2D eigenvalue weighted by atomic mass is 35.5. The van der Waals surface area contributed by atoms with E-state index in [1.165, 1.54) is 0 Å². The summed E-state index contributed by atoms with van der Waals surface area (Å²) in [6, 6.07) is 12.3. The molecule has 1 heterocycles. The van der Waals surface area contributed by atoms with E-state index >= 15 is 0 Å². The summed E-state index contributed by atoms with van der Waals surface area (Å²) in [7, 11) is 0. The number of halogens is 2. The highest BCUT2D eigenvalue weighted by molar-refractivity contribution is 6.34. The van der Waals surface area contributed by atoms with Gasteiger partial charge in [0.05, 0.1) is 21.4 Å². The summed E-state index contributed by atoms with van der Waals surface area (Å²) in [5.74, 6) is 0.195. The Kier molecular flexibility index (Phi) is 6.65. The molecule has 0 saturated carbocycles. The van der Waals surface area contributed by atoms with E-state index in [1.807, 2.05) is 0 Å². The second-order valence-electron chi connectivity index (χ2n) is 6.40. The van der Waals surface area contributed by atoms with Gasteiger partial charge in [0.25, 0.3) is 5.91 Å². The minimum absolute atomic E-state index is 0.0593. The molecule has 28 heavy (non-hydrogen) atoms. The van der Waals surface area contributed by atoms with Crippen LogP contribution >= 0.6 is 23.2 Å². The van der Waals surface area contributed by atoms with Crippen molar-refractivity contribution in [2.75, 3.05) is 43.0 Å². The average Bonchev–Trinajstić information content (AvgIpc) is 2.68. The fourth-order valence-electron chi connectivity index (χ4n) is 3.07. The monoisotopic (exact) mass is 421 g/mol. The highest BCUT2D eigenvalue weighted by Crippen LogP contribution is 2.34. The van der Waals surface area contributed by atoms with Crippen LogP contribution in [0.4, 0.5) is 11.4 Å². The summed E-state index contributed by atoms with van der Waals surface area (Å²) in [6.07, 6.45) is 0. The molecule has 0 bridgehead atoms. The number of piperazine rings is 1. The van der Waals surface area contributed by atoms with E-state index in [-0.39, 0.29) is 18.4 Å². The number of hydrogen-bond donors (Lipinski definition) is 1. The fourth-order valence-corrected chi connectivity index (χ4v) is 3.56. The Labute approximate surface area is 174 Å². The second-order valence-corrected chi connectivity index (χ2v) is 7.21. The highest BCUT2D eigenvalue weighted by Gasteiger charge is 2.23. The van der Waals surface area contributed by atoms with Crippen LogP contribution in [-0.4, -0.2) is 49.5 Å². The molecule has 0 atom stereocenters. The van der Waals surface area contributed by atoms with Crippen molar-refractivity contribution < 1.29 is 14.3 Å². The molecule has 2 aromatic rings. The van der Waals surface area contributed by atoms with Crippen molar-refractivity contribution in [3.05, 3.63) is 52.5 Å². The normalized spacial score (nSPS) is 14.0. The molecule has 1 fully saturated rings. The quantitative estimate of drug-likeness (QED) is 0.799. The van der Waals surface area contributed by atoms with Gasteiger partial charge in [0.2, 0.25) is 5.91 Å². The van der Waals surface area contributed by atoms with Crippen LogP contribution in [0, 0.1) is 0 Å². The Morgan fingerprint density at radius 1 is 1.00 bits per heavy atom. The first-order valence-electron chi connectivity index (χ1n) is 8.92. The predicted octanol–water partition coefficient (Wildman–Crippen LogP) is 3.68. The van der Waals surface area contributed by atoms with Gasteiger partial charge in [-0.15, -0.1) is 0 Å². The van der Waals surface area contributed by atoms with Gasteiger partial charge in [0, 0.05) is 33.1 Å². The van der Waals surface area contributed by atoms with Gasteiger partial charge in [0.15, 0.2) is 6.61 Å². The molecule has 0 spiro atoms. The lowest BCUT2D eigenvalue weighted by atomic mass is 10.2. The molecule has 6 nitrogen and oxygen atoms in total. The standard InChI is InChI=1S/C20H21Cl2N3O3/c1-14(26)24-9-11-25(12-10-24)20-16(22)6-4-7-17(20)23-19(27)13-28-18-8-3-2-5-15(18)21/h2-8H,9-13H2,1H3,(H,23,27). The number of nitrogens with one attached hydrogen (secondary N) is 1. The molecule has 2 aromatic carbocycles. The predicted molar refractivity (Wildman–Crippen MR) is 111 cm³/mol. The van der Waals surface area contributed by atoms with Gasteiger partial charge in [0.1, 0.15) is 5.75 Å². The van der Waals surface area contributed by atoms with Gasteiger partial charge >= 0.3 is 0 Å². The molecule has 0 unspecified atom stereocenters. The van der Waals surface area contributed by atoms with Crippen LogP contribution in [0.25, 0.3) is 0 Å². The maximum atomic E-state index is 12.4. The lowest BCUT2D eigenvalue weighted by molar-refractivity contribution is -0.129. The van der Waals surface area contributed by atoms with E-state index in [9.17, 15) is 9.59 Å². The van der Waals surface area contributed by atoms with Gasteiger partial charge < -0.3 is 19.9 Å². The molecular weight excluding hydrogens is 401 g/mol. The molecule has 0 radical (unpaired) electrons. The van der Waals surface area contributed by atoms with E-state index in [0.29, 0.717) is 47.7 Å². The molecular formula is C20H21Cl2N3O3. The molecule has 148 valence electrons. The number of carbonyl (C=O) groups excluding carboxylic acids is 2. The van der Waals surface area contributed by atoms with E-state index in [2.05, 4.69) is 10.2 Å². The van der Waals surface area contributed by atoms with Crippen molar-refractivity contribution in [2.45, 2.75) is 6.92 Å². The zero-order valence-corrected chi connectivity index (χ0v) is 17.0. The van der Waals surface area contributed by atoms with Gasteiger partial charge in [-0.05, 0) is 24.3 Å². The fraction of sp³-hybridized carbons (Fsp3) is 0.300. The van der Waals surface area contributed by atoms with Gasteiger partial charge in [-0.3, -0.25) is 9.59 Å². The SMILES string of the molecule is CC(=O)N1CCN(c2c(Cl)cccc2NC(=O)COc2ccccc2Cl)CC1. The Balaban J connectivity index is 1.67. The van der Waals surface area contributed by atoms with Gasteiger partial charge in [-0.25, -0.2) is 0 Å². The Morgan fingerprint density at radius 3 is 2.36 bits per heavy atom. The van der Waals surface area contributed by atoms with Crippen LogP contribution in [0.5, 0.6) is 5.75 Å². The number of rotatable bonds is 5. The molecule has 0 aliphatic carbocycles. The van der Waals surface area contributed by atoms with E-state index in [0.717, 1.165) is 5.69 Å². The smallest absolute Gasteiger partial charge is 0.262 e. The molecule has 1 N–H and O–H groups in total. The van der Waals surface area contributed by atoms with Crippen LogP contribution in [0.1, 0.15) is 6.92 Å². The van der Waals surface area contributed by atoms with Crippen molar-refractivity contribution in [2.24, 2.45) is 0 Å². The minimum atomic E-state index is -0.314. The number of ether oxygens (including phenoxy) is 1. The van der Waals surface area contributed by atoms with E-state index in [4.69, 9.17) is 27.9 Å². The van der Waals surface area contributed by atoms with Gasteiger partial charge in [-0.1, -0.05) is 41.4 Å². The van der Waals surface area contributed by atoms with Crippen molar-refractivity contribution in [3.8, 4) is 5.75 Å². The van der Waals surface area contributed by atoms with Crippen molar-refractivity contribution in [3.63, 3.8) is 0 Å². The number of hydrogen-bond acceptors (Lipinski definition) is 4. The summed E-state index contributed by atoms with van der Waals surface area (Å²) in [5.41, 5.74) is 1.36. The van der Waals surface area contributed by atoms with E-state index in [1.54, 1.807) is 54.3 Å². The molecule has 3 rings (SSSR count). The van der Waals surface area contributed by atoms with Crippen LogP contribution < -0.4 is 15.0 Å². The zero-order chi connectivity index (χ0) is 20.1. The topological polar surface area (TPSA) is 61.9 Å². The van der Waals surface area contributed by atoms with Crippen LogP contribution in [-0.2, 0) is 9.59 Å². The maximum absolute atomic E-state index is 12.4. The lowest BCUT2D eigenvalue weighted by Crippen LogP contribution is -2.48. The summed E-state index contributed by atoms with van der Waals surface area (Å²) >= 11 is 12.5. The summed E-state index contributed by atoms with van der Waals surface area (Å²) in [4.78, 5) is 27.8. The first-order valence-corrected chi connectivity index (χ1v) is 9.67. The molecule has 8 heteroatoms. The van der Waals surface area contributed by atoms with Crippen molar-refractivity contribution in [1.29, 1.82) is 0 Å². The van der Waals surface area contributed by atoms with Crippen molar-refractivity contribution >= 4 is 46.4 Å². The largest absolute Gasteiger partial charge is 0.482 e. The number of carbonyl (C=O) groups is 2. The Bertz CT molecular complexity index is 868. The average molecular weight is 422 g/mol. The summed E-state index contributed by atoms with van der Waals surface area (Å²) in [5, 5.41) is 3.85. The number of amides is 2. The third-order valence-corrected chi connectivity index (χ3v) is 5.11. The van der Waals surface area contributed by atoms with Crippen LogP contribution in [0.2, 0.25) is 10.0 Å². The maximum Gasteiger partial charge on any atom is 0.262 e. The molecule has 1 aliphatic heterocycles. The molecule has 1 saturated heterocycles. The number of nitrogens with zero attached hydrogens (tertiary/aromatic N) is 2. The minimum Gasteiger partial charge on any atom is -0.482 e. The number of benzene rings is 2. The third-order valence-electron chi connectivity index (χ3n) is 4.50. The lowest BCUT2D eigenvalue weighted by Gasteiger charge is -2.36. The third kappa shape index (κ3) is 4.88. The first kappa shape index (κ1) is 20.3. The van der Waals surface area contributed by atoms with E-state index < -0.39 is 0 Å². The molecule has 2 amide bonds. The van der Waals surface area contributed by atoms with Crippen LogP contribution in [0.3, 0.4) is 0 Å². The zero-order valence-electron chi connectivity index (χ0n) is 15.5. The second kappa shape index (κ2) is 9.17. The Hall–Kier alpha value is -2.44.